The Labute approximate surface area is 142 Å². The molecule has 116 valence electrons. The number of hydrogen-bond acceptors (Lipinski definition) is 2. The van der Waals surface area contributed by atoms with Crippen molar-refractivity contribution in [2.45, 2.75) is 0 Å². The number of para-hydroxylation sites is 1. The van der Waals surface area contributed by atoms with Crippen LogP contribution in [0.5, 0.6) is 5.88 Å². The summed E-state index contributed by atoms with van der Waals surface area (Å²) in [5.41, 5.74) is 0.950. The standard InChI is InChI=1S/C21H16NOP/c1-3-10-18(11-4-1)24(19-12-5-2-6-13-19)23-21-16-15-17-9-7-8-14-20(17)22-21/h1-16H. The molecule has 0 aliphatic heterocycles. The summed E-state index contributed by atoms with van der Waals surface area (Å²) in [5, 5.41) is 3.47. The van der Waals surface area contributed by atoms with Gasteiger partial charge in [-0.3, -0.25) is 0 Å². The first-order valence-corrected chi connectivity index (χ1v) is 9.10. The molecule has 0 atom stereocenters. The van der Waals surface area contributed by atoms with Gasteiger partial charge in [0.2, 0.25) is 5.88 Å². The Morgan fingerprint density at radius 2 is 1.17 bits per heavy atom. The molecule has 24 heavy (non-hydrogen) atoms. The highest BCUT2D eigenvalue weighted by atomic mass is 31.1. The van der Waals surface area contributed by atoms with Gasteiger partial charge in [0.15, 0.2) is 8.15 Å². The fraction of sp³-hybridized carbons (Fsp3) is 0. The highest BCUT2D eigenvalue weighted by Gasteiger charge is 2.17. The molecule has 0 bridgehead atoms. The van der Waals surface area contributed by atoms with E-state index in [1.54, 1.807) is 0 Å². The molecule has 1 heterocycles. The first kappa shape index (κ1) is 14.9. The van der Waals surface area contributed by atoms with Gasteiger partial charge in [-0.25, -0.2) is 4.98 Å². The maximum Gasteiger partial charge on any atom is 0.217 e. The van der Waals surface area contributed by atoms with Crippen LogP contribution in [0.15, 0.2) is 97.1 Å². The summed E-state index contributed by atoms with van der Waals surface area (Å²) in [6.45, 7) is 0. The second-order valence-corrected chi connectivity index (χ2v) is 7.20. The van der Waals surface area contributed by atoms with Crippen molar-refractivity contribution >= 4 is 29.7 Å². The lowest BCUT2D eigenvalue weighted by Crippen LogP contribution is -2.15. The Morgan fingerprint density at radius 3 is 1.83 bits per heavy atom. The number of fused-ring (bicyclic) bond motifs is 1. The van der Waals surface area contributed by atoms with Crippen LogP contribution in [0.4, 0.5) is 0 Å². The van der Waals surface area contributed by atoms with Crippen LogP contribution in [0.25, 0.3) is 10.9 Å². The van der Waals surface area contributed by atoms with Gasteiger partial charge in [0.1, 0.15) is 0 Å². The van der Waals surface area contributed by atoms with E-state index in [0.717, 1.165) is 10.9 Å². The molecule has 0 saturated carbocycles. The van der Waals surface area contributed by atoms with E-state index in [2.05, 4.69) is 41.4 Å². The van der Waals surface area contributed by atoms with E-state index in [1.165, 1.54) is 10.6 Å². The smallest absolute Gasteiger partial charge is 0.217 e. The molecule has 0 fully saturated rings. The summed E-state index contributed by atoms with van der Waals surface area (Å²) < 4.78 is 6.35. The first-order valence-electron chi connectivity index (χ1n) is 7.84. The molecule has 0 amide bonds. The number of benzene rings is 3. The van der Waals surface area contributed by atoms with E-state index in [9.17, 15) is 0 Å². The van der Waals surface area contributed by atoms with Crippen LogP contribution >= 0.6 is 8.15 Å². The van der Waals surface area contributed by atoms with Crippen LogP contribution in [0, 0.1) is 0 Å². The molecule has 4 aromatic rings. The van der Waals surface area contributed by atoms with Crippen LogP contribution in [0.3, 0.4) is 0 Å². The lowest BCUT2D eigenvalue weighted by atomic mass is 10.2. The average molecular weight is 329 g/mol. The number of aromatic nitrogens is 1. The van der Waals surface area contributed by atoms with Crippen molar-refractivity contribution in [2.24, 2.45) is 0 Å². The van der Waals surface area contributed by atoms with Gasteiger partial charge in [0, 0.05) is 22.1 Å². The van der Waals surface area contributed by atoms with Crippen molar-refractivity contribution in [3.8, 4) is 5.88 Å². The molecule has 3 heteroatoms. The van der Waals surface area contributed by atoms with E-state index in [-0.39, 0.29) is 0 Å². The van der Waals surface area contributed by atoms with Crippen LogP contribution < -0.4 is 15.1 Å². The minimum Gasteiger partial charge on any atom is -0.447 e. The number of nitrogens with zero attached hydrogens (tertiary/aromatic N) is 1. The Kier molecular flexibility index (Phi) is 4.22. The molecular weight excluding hydrogens is 313 g/mol. The molecule has 0 unspecified atom stereocenters. The normalized spacial score (nSPS) is 10.9. The van der Waals surface area contributed by atoms with Gasteiger partial charge in [0.25, 0.3) is 0 Å². The SMILES string of the molecule is c1ccc(P(Oc2ccc3ccccc3n2)c2ccccc2)cc1. The van der Waals surface area contributed by atoms with E-state index in [1.807, 2.05) is 60.7 Å². The quantitative estimate of drug-likeness (QED) is 0.508. The van der Waals surface area contributed by atoms with Gasteiger partial charge in [0.05, 0.1) is 5.52 Å². The molecular formula is C21H16NOP. The van der Waals surface area contributed by atoms with Crippen LogP contribution in [-0.2, 0) is 0 Å². The topological polar surface area (TPSA) is 22.1 Å². The van der Waals surface area contributed by atoms with Gasteiger partial charge in [-0.05, 0) is 12.1 Å². The summed E-state index contributed by atoms with van der Waals surface area (Å²) in [5.74, 6) is 0.660. The summed E-state index contributed by atoms with van der Waals surface area (Å²) in [6, 6.07) is 32.8. The summed E-state index contributed by atoms with van der Waals surface area (Å²) in [6.07, 6.45) is 0. The van der Waals surface area contributed by atoms with Crippen molar-refractivity contribution in [1.82, 2.24) is 4.98 Å². The fourth-order valence-electron chi connectivity index (χ4n) is 2.57. The van der Waals surface area contributed by atoms with E-state index >= 15 is 0 Å². The second kappa shape index (κ2) is 6.82. The molecule has 0 radical (unpaired) electrons. The van der Waals surface area contributed by atoms with Crippen LogP contribution in [0.1, 0.15) is 0 Å². The Bertz CT molecular complexity index is 902. The number of rotatable bonds is 4. The molecule has 1 aromatic heterocycles. The fourth-order valence-corrected chi connectivity index (χ4v) is 4.26. The lowest BCUT2D eigenvalue weighted by molar-refractivity contribution is 0.604. The summed E-state index contributed by atoms with van der Waals surface area (Å²) in [7, 11) is -0.945. The predicted molar refractivity (Wildman–Crippen MR) is 101 cm³/mol. The highest BCUT2D eigenvalue weighted by Crippen LogP contribution is 2.36. The van der Waals surface area contributed by atoms with Gasteiger partial charge in [-0.1, -0.05) is 78.9 Å². The molecule has 3 aromatic carbocycles. The number of hydrogen-bond donors (Lipinski definition) is 0. The molecule has 0 aliphatic carbocycles. The van der Waals surface area contributed by atoms with Crippen molar-refractivity contribution in [3.05, 3.63) is 97.1 Å². The predicted octanol–water partition coefficient (Wildman–Crippen LogP) is 4.66. The minimum absolute atomic E-state index is 0.660. The van der Waals surface area contributed by atoms with E-state index < -0.39 is 8.15 Å². The molecule has 4 rings (SSSR count). The monoisotopic (exact) mass is 329 g/mol. The van der Waals surface area contributed by atoms with Gasteiger partial charge in [-0.2, -0.15) is 0 Å². The third kappa shape index (κ3) is 3.15. The van der Waals surface area contributed by atoms with Crippen molar-refractivity contribution < 1.29 is 4.52 Å². The van der Waals surface area contributed by atoms with Gasteiger partial charge < -0.3 is 4.52 Å². The maximum absolute atomic E-state index is 6.35. The molecule has 2 nitrogen and oxygen atoms in total. The van der Waals surface area contributed by atoms with E-state index in [4.69, 9.17) is 4.52 Å². The third-order valence-corrected chi connectivity index (χ3v) is 5.64. The summed E-state index contributed by atoms with van der Waals surface area (Å²) in [4.78, 5) is 4.66. The van der Waals surface area contributed by atoms with Crippen molar-refractivity contribution in [2.75, 3.05) is 0 Å². The second-order valence-electron chi connectivity index (χ2n) is 5.40. The molecule has 0 saturated heterocycles. The zero-order chi connectivity index (χ0) is 16.2. The summed E-state index contributed by atoms with van der Waals surface area (Å²) >= 11 is 0. The van der Waals surface area contributed by atoms with Crippen molar-refractivity contribution in [1.29, 1.82) is 0 Å². The van der Waals surface area contributed by atoms with Crippen LogP contribution in [-0.4, -0.2) is 4.98 Å². The zero-order valence-corrected chi connectivity index (χ0v) is 13.9. The molecule has 0 spiro atoms. The zero-order valence-electron chi connectivity index (χ0n) is 13.0. The van der Waals surface area contributed by atoms with Crippen LogP contribution in [0.2, 0.25) is 0 Å². The Balaban J connectivity index is 1.73. The lowest BCUT2D eigenvalue weighted by Gasteiger charge is -2.18. The van der Waals surface area contributed by atoms with E-state index in [0.29, 0.717) is 5.88 Å². The van der Waals surface area contributed by atoms with Crippen molar-refractivity contribution in [3.63, 3.8) is 0 Å². The van der Waals surface area contributed by atoms with Gasteiger partial charge >= 0.3 is 0 Å². The largest absolute Gasteiger partial charge is 0.447 e. The maximum atomic E-state index is 6.35. The van der Waals surface area contributed by atoms with Gasteiger partial charge in [-0.15, -0.1) is 0 Å². The third-order valence-electron chi connectivity index (χ3n) is 3.74. The highest BCUT2D eigenvalue weighted by molar-refractivity contribution is 7.68. The Hall–Kier alpha value is -2.70. The average Bonchev–Trinajstić information content (AvgIpc) is 2.67. The molecule has 0 N–H and O–H groups in total. The first-order chi connectivity index (χ1) is 11.9. The minimum atomic E-state index is -0.945. The number of pyridine rings is 1. The molecule has 0 aliphatic rings. The Morgan fingerprint density at radius 1 is 0.583 bits per heavy atom.